The monoisotopic (exact) mass is 286 g/mol. The number of aryl methyl sites for hydroxylation is 1. The molecule has 5 heteroatoms. The zero-order chi connectivity index (χ0) is 14.2. The first kappa shape index (κ1) is 13.9. The second kappa shape index (κ2) is 5.23. The van der Waals surface area contributed by atoms with E-state index >= 15 is 0 Å². The summed E-state index contributed by atoms with van der Waals surface area (Å²) in [6.45, 7) is 1.42. The Kier molecular flexibility index (Phi) is 3.83. The summed E-state index contributed by atoms with van der Waals surface area (Å²) < 4.78 is 40.2. The highest BCUT2D eigenvalue weighted by Crippen LogP contribution is 2.29. The molecule has 0 bridgehead atoms. The van der Waals surface area contributed by atoms with Crippen molar-refractivity contribution in [2.45, 2.75) is 13.0 Å². The van der Waals surface area contributed by atoms with Crippen molar-refractivity contribution in [3.63, 3.8) is 0 Å². The minimum Gasteiger partial charge on any atom is -0.384 e. The largest absolute Gasteiger partial charge is 0.384 e. The van der Waals surface area contributed by atoms with E-state index in [1.54, 1.807) is 0 Å². The lowest BCUT2D eigenvalue weighted by Gasteiger charge is -2.14. The molecule has 0 saturated heterocycles. The van der Waals surface area contributed by atoms with Gasteiger partial charge in [-0.15, -0.1) is 0 Å². The summed E-state index contributed by atoms with van der Waals surface area (Å²) >= 11 is 5.59. The Balaban J connectivity index is 2.47. The van der Waals surface area contributed by atoms with Gasteiger partial charge in [0, 0.05) is 5.56 Å². The SMILES string of the molecule is Cc1ccc(C(O)c2ccc(F)c(Cl)c2)c(F)c1F. The predicted octanol–water partition coefficient (Wildman–Crippen LogP) is 4.15. The highest BCUT2D eigenvalue weighted by molar-refractivity contribution is 6.30. The molecule has 1 unspecified atom stereocenters. The number of aliphatic hydroxyl groups is 1. The van der Waals surface area contributed by atoms with E-state index < -0.39 is 23.6 Å². The minimum atomic E-state index is -1.41. The van der Waals surface area contributed by atoms with Gasteiger partial charge in [-0.3, -0.25) is 0 Å². The first-order valence-electron chi connectivity index (χ1n) is 5.49. The van der Waals surface area contributed by atoms with Gasteiger partial charge in [0.1, 0.15) is 11.9 Å². The van der Waals surface area contributed by atoms with Crippen LogP contribution in [0.25, 0.3) is 0 Å². The standard InChI is InChI=1S/C14H10ClF3O/c1-7-2-4-9(13(18)12(7)17)14(19)8-3-5-11(16)10(15)6-8/h2-6,14,19H,1H3. The number of halogens is 4. The second-order valence-electron chi connectivity index (χ2n) is 4.18. The summed E-state index contributed by atoms with van der Waals surface area (Å²) in [6.07, 6.45) is -1.41. The number of aliphatic hydroxyl groups excluding tert-OH is 1. The van der Waals surface area contributed by atoms with Gasteiger partial charge in [0.25, 0.3) is 0 Å². The number of rotatable bonds is 2. The Labute approximate surface area is 113 Å². The fraction of sp³-hybridized carbons (Fsp3) is 0.143. The van der Waals surface area contributed by atoms with Crippen molar-refractivity contribution in [1.82, 2.24) is 0 Å². The van der Waals surface area contributed by atoms with Crippen molar-refractivity contribution in [2.75, 3.05) is 0 Å². The lowest BCUT2D eigenvalue weighted by atomic mass is 9.99. The van der Waals surface area contributed by atoms with Crippen LogP contribution >= 0.6 is 11.6 Å². The molecule has 0 aromatic heterocycles. The van der Waals surface area contributed by atoms with Crippen molar-refractivity contribution in [3.8, 4) is 0 Å². The van der Waals surface area contributed by atoms with Gasteiger partial charge < -0.3 is 5.11 Å². The van der Waals surface area contributed by atoms with Crippen LogP contribution in [0.3, 0.4) is 0 Å². The average molecular weight is 287 g/mol. The molecule has 2 aromatic carbocycles. The molecule has 1 atom stereocenters. The number of benzene rings is 2. The Morgan fingerprint density at radius 1 is 1.05 bits per heavy atom. The predicted molar refractivity (Wildman–Crippen MR) is 66.6 cm³/mol. The molecular formula is C14H10ClF3O. The van der Waals surface area contributed by atoms with Crippen LogP contribution in [0.4, 0.5) is 13.2 Å². The molecule has 0 spiro atoms. The summed E-state index contributed by atoms with van der Waals surface area (Å²) in [5.41, 5.74) is 0.116. The average Bonchev–Trinajstić information content (AvgIpc) is 2.39. The van der Waals surface area contributed by atoms with Gasteiger partial charge in [0.2, 0.25) is 0 Å². The molecule has 1 nitrogen and oxygen atoms in total. The molecule has 0 aliphatic carbocycles. The summed E-state index contributed by atoms with van der Waals surface area (Å²) in [6, 6.07) is 6.16. The Morgan fingerprint density at radius 3 is 2.37 bits per heavy atom. The molecule has 2 rings (SSSR count). The third-order valence-electron chi connectivity index (χ3n) is 2.86. The maximum Gasteiger partial charge on any atom is 0.165 e. The Hall–Kier alpha value is -1.52. The second-order valence-corrected chi connectivity index (χ2v) is 4.58. The third kappa shape index (κ3) is 2.60. The normalized spacial score (nSPS) is 12.5. The molecule has 0 saturated carbocycles. The fourth-order valence-corrected chi connectivity index (χ4v) is 1.92. The van der Waals surface area contributed by atoms with Crippen LogP contribution in [0, 0.1) is 24.4 Å². The van der Waals surface area contributed by atoms with Crippen LogP contribution in [-0.4, -0.2) is 5.11 Å². The van der Waals surface area contributed by atoms with E-state index in [9.17, 15) is 18.3 Å². The molecule has 2 aromatic rings. The van der Waals surface area contributed by atoms with E-state index in [1.165, 1.54) is 31.2 Å². The number of hydrogen-bond donors (Lipinski definition) is 1. The van der Waals surface area contributed by atoms with E-state index in [1.807, 2.05) is 0 Å². The van der Waals surface area contributed by atoms with Crippen LogP contribution < -0.4 is 0 Å². The van der Waals surface area contributed by atoms with Gasteiger partial charge in [-0.2, -0.15) is 0 Å². The van der Waals surface area contributed by atoms with Gasteiger partial charge in [-0.1, -0.05) is 29.8 Å². The maximum atomic E-state index is 13.7. The molecule has 0 heterocycles. The summed E-state index contributed by atoms with van der Waals surface area (Å²) in [4.78, 5) is 0. The first-order valence-corrected chi connectivity index (χ1v) is 5.87. The molecule has 1 N–H and O–H groups in total. The third-order valence-corrected chi connectivity index (χ3v) is 3.15. The van der Waals surface area contributed by atoms with Gasteiger partial charge in [-0.05, 0) is 30.2 Å². The zero-order valence-electron chi connectivity index (χ0n) is 9.92. The number of hydrogen-bond acceptors (Lipinski definition) is 1. The van der Waals surface area contributed by atoms with E-state index in [0.29, 0.717) is 0 Å². The smallest absolute Gasteiger partial charge is 0.165 e. The van der Waals surface area contributed by atoms with Crippen LogP contribution in [0.15, 0.2) is 30.3 Å². The lowest BCUT2D eigenvalue weighted by molar-refractivity contribution is 0.213. The van der Waals surface area contributed by atoms with E-state index in [4.69, 9.17) is 11.6 Å². The van der Waals surface area contributed by atoms with Gasteiger partial charge in [0.15, 0.2) is 11.6 Å². The topological polar surface area (TPSA) is 20.2 Å². The van der Waals surface area contributed by atoms with Crippen molar-refractivity contribution in [1.29, 1.82) is 0 Å². The summed E-state index contributed by atoms with van der Waals surface area (Å²) in [5, 5.41) is 9.83. The Morgan fingerprint density at radius 2 is 1.74 bits per heavy atom. The molecule has 0 fully saturated rings. The van der Waals surface area contributed by atoms with Gasteiger partial charge in [-0.25, -0.2) is 13.2 Å². The van der Waals surface area contributed by atoms with Crippen molar-refractivity contribution < 1.29 is 18.3 Å². The molecule has 0 radical (unpaired) electrons. The lowest BCUT2D eigenvalue weighted by Crippen LogP contribution is -2.05. The molecule has 0 amide bonds. The highest BCUT2D eigenvalue weighted by atomic mass is 35.5. The van der Waals surface area contributed by atoms with Crippen LogP contribution in [0.2, 0.25) is 5.02 Å². The van der Waals surface area contributed by atoms with Crippen LogP contribution in [-0.2, 0) is 0 Å². The van der Waals surface area contributed by atoms with Crippen LogP contribution in [0.5, 0.6) is 0 Å². The van der Waals surface area contributed by atoms with E-state index in [2.05, 4.69) is 0 Å². The molecule has 0 aliphatic rings. The quantitative estimate of drug-likeness (QED) is 0.879. The summed E-state index contributed by atoms with van der Waals surface area (Å²) in [7, 11) is 0. The van der Waals surface area contributed by atoms with Crippen molar-refractivity contribution >= 4 is 11.6 Å². The zero-order valence-corrected chi connectivity index (χ0v) is 10.7. The minimum absolute atomic E-state index is 0.144. The molecule has 0 aliphatic heterocycles. The Bertz CT molecular complexity index is 628. The first-order chi connectivity index (χ1) is 8.91. The maximum absolute atomic E-state index is 13.7. The van der Waals surface area contributed by atoms with E-state index in [0.717, 1.165) is 6.07 Å². The van der Waals surface area contributed by atoms with Crippen molar-refractivity contribution in [3.05, 3.63) is 69.5 Å². The molecule has 100 valence electrons. The molecular weight excluding hydrogens is 277 g/mol. The fourth-order valence-electron chi connectivity index (χ4n) is 1.73. The van der Waals surface area contributed by atoms with Gasteiger partial charge >= 0.3 is 0 Å². The van der Waals surface area contributed by atoms with E-state index in [-0.39, 0.29) is 21.7 Å². The summed E-state index contributed by atoms with van der Waals surface area (Å²) in [5.74, 6) is -2.77. The van der Waals surface area contributed by atoms with Gasteiger partial charge in [0.05, 0.1) is 5.02 Å². The molecule has 19 heavy (non-hydrogen) atoms. The van der Waals surface area contributed by atoms with Crippen molar-refractivity contribution in [2.24, 2.45) is 0 Å². The highest BCUT2D eigenvalue weighted by Gasteiger charge is 2.19. The van der Waals surface area contributed by atoms with Crippen LogP contribution in [0.1, 0.15) is 22.8 Å².